The molecule has 0 aliphatic carbocycles. The summed E-state index contributed by atoms with van der Waals surface area (Å²) in [7, 11) is 0. The fourth-order valence-corrected chi connectivity index (χ4v) is 1.84. The van der Waals surface area contributed by atoms with Gasteiger partial charge in [-0.2, -0.15) is 26.3 Å². The fourth-order valence-electron chi connectivity index (χ4n) is 1.84. The summed E-state index contributed by atoms with van der Waals surface area (Å²) in [6.45, 7) is 2.42. The molecule has 2 N–H and O–H groups in total. The summed E-state index contributed by atoms with van der Waals surface area (Å²) in [5.41, 5.74) is -7.03. The molecule has 0 aliphatic rings. The van der Waals surface area contributed by atoms with E-state index < -0.39 is 47.4 Å². The van der Waals surface area contributed by atoms with E-state index in [0.29, 0.717) is 6.07 Å². The van der Waals surface area contributed by atoms with Crippen molar-refractivity contribution in [3.8, 4) is 0 Å². The van der Waals surface area contributed by atoms with Crippen LogP contribution in [0.4, 0.5) is 36.8 Å². The van der Waals surface area contributed by atoms with Gasteiger partial charge in [-0.1, -0.05) is 18.2 Å². The number of carboxylic acids is 1. The van der Waals surface area contributed by atoms with E-state index in [9.17, 15) is 41.0 Å². The molecule has 1 rings (SSSR count). The first kappa shape index (κ1) is 21.4. The lowest BCUT2D eigenvalue weighted by Gasteiger charge is -2.39. The quantitative estimate of drug-likeness (QED) is 0.598. The Morgan fingerprint density at radius 2 is 1.54 bits per heavy atom. The van der Waals surface area contributed by atoms with Crippen molar-refractivity contribution < 1.29 is 45.8 Å². The van der Waals surface area contributed by atoms with Crippen molar-refractivity contribution in [3.05, 3.63) is 29.8 Å². The van der Waals surface area contributed by atoms with Gasteiger partial charge >= 0.3 is 24.1 Å². The molecule has 0 heterocycles. The molecule has 0 fully saturated rings. The molecule has 0 bridgehead atoms. The van der Waals surface area contributed by atoms with Crippen molar-refractivity contribution in [2.24, 2.45) is 0 Å². The topological polar surface area (TPSA) is 90.5 Å². The zero-order valence-corrected chi connectivity index (χ0v) is 13.3. The minimum Gasteiger partial charge on any atom is -0.545 e. The van der Waals surface area contributed by atoms with Gasteiger partial charge in [0.05, 0.1) is 12.1 Å². The zero-order valence-electron chi connectivity index (χ0n) is 13.3. The Kier molecular flexibility index (Phi) is 6.00. The molecule has 0 spiro atoms. The van der Waals surface area contributed by atoms with Gasteiger partial charge in [-0.05, 0) is 19.9 Å². The van der Waals surface area contributed by atoms with Crippen molar-refractivity contribution in [1.29, 1.82) is 0 Å². The highest BCUT2D eigenvalue weighted by Crippen LogP contribution is 2.44. The number of carboxylic acid groups (broad SMARTS) is 1. The third kappa shape index (κ3) is 4.49. The van der Waals surface area contributed by atoms with Gasteiger partial charge in [-0.15, -0.1) is 0 Å². The van der Waals surface area contributed by atoms with E-state index in [1.165, 1.54) is 13.8 Å². The average molecular weight is 387 g/mol. The number of para-hydroxylation sites is 1. The van der Waals surface area contributed by atoms with Crippen LogP contribution in [-0.4, -0.2) is 36.2 Å². The van der Waals surface area contributed by atoms with Crippen LogP contribution in [0.5, 0.6) is 0 Å². The summed E-state index contributed by atoms with van der Waals surface area (Å²) in [6.07, 6.45) is -15.2. The van der Waals surface area contributed by atoms with Gasteiger partial charge in [0.1, 0.15) is 0 Å². The second-order valence-corrected chi connectivity index (χ2v) is 5.28. The summed E-state index contributed by atoms with van der Waals surface area (Å²) in [5.74, 6) is -2.02. The number of carbonyl (C=O) groups is 2. The first-order valence-electron chi connectivity index (χ1n) is 6.92. The second-order valence-electron chi connectivity index (χ2n) is 5.28. The zero-order chi connectivity index (χ0) is 20.3. The summed E-state index contributed by atoms with van der Waals surface area (Å²) < 4.78 is 84.5. The monoisotopic (exact) mass is 387 g/mol. The Labute approximate surface area is 143 Å². The molecular weight excluding hydrogens is 374 g/mol. The number of anilines is 1. The molecule has 26 heavy (non-hydrogen) atoms. The van der Waals surface area contributed by atoms with Crippen LogP contribution in [0.25, 0.3) is 0 Å². The van der Waals surface area contributed by atoms with Crippen molar-refractivity contribution in [1.82, 2.24) is 5.32 Å². The van der Waals surface area contributed by atoms with Crippen molar-refractivity contribution in [2.45, 2.75) is 38.0 Å². The molecule has 12 heteroatoms. The Balaban J connectivity index is 3.50. The third-order valence-corrected chi connectivity index (χ3v) is 2.95. The lowest BCUT2D eigenvalue weighted by molar-refractivity contribution is -0.295. The normalized spacial score (nSPS) is 12.7. The maximum absolute atomic E-state index is 13.4. The molecule has 1 amide bonds. The van der Waals surface area contributed by atoms with Crippen LogP contribution in [0.1, 0.15) is 24.2 Å². The lowest BCUT2D eigenvalue weighted by Crippen LogP contribution is -2.72. The summed E-state index contributed by atoms with van der Waals surface area (Å²) in [6, 6.07) is 3.47. The summed E-state index contributed by atoms with van der Waals surface area (Å²) in [5, 5.41) is 12.7. The van der Waals surface area contributed by atoms with E-state index in [-0.39, 0.29) is 0 Å². The number of aromatic carboxylic acids is 1. The molecule has 0 saturated heterocycles. The molecule has 6 nitrogen and oxygen atoms in total. The smallest absolute Gasteiger partial charge is 0.439 e. The van der Waals surface area contributed by atoms with E-state index in [1.807, 2.05) is 0 Å². The Morgan fingerprint density at radius 1 is 1.04 bits per heavy atom. The first-order chi connectivity index (χ1) is 11.7. The number of hydrogen-bond donors (Lipinski definition) is 2. The first-order valence-corrected chi connectivity index (χ1v) is 6.92. The standard InChI is InChI=1S/C14H14F6N2O4/c1-7(2)26-11(25)22-12(13(15,16)17,14(18,19)20)21-9-6-4-3-5-8(9)10(23)24/h3-7,21H,1-2H3,(H,22,25)(H,23,24)/p-1. The van der Waals surface area contributed by atoms with Crippen LogP contribution in [0.15, 0.2) is 24.3 Å². The van der Waals surface area contributed by atoms with Crippen LogP contribution < -0.4 is 15.7 Å². The van der Waals surface area contributed by atoms with Gasteiger partial charge in [-0.25, -0.2) is 4.79 Å². The van der Waals surface area contributed by atoms with Crippen LogP contribution >= 0.6 is 0 Å². The highest BCUT2D eigenvalue weighted by molar-refractivity contribution is 5.93. The van der Waals surface area contributed by atoms with Gasteiger partial charge in [-0.3, -0.25) is 5.32 Å². The number of alkyl carbamates (subject to hydrolysis) is 1. The molecule has 1 aromatic carbocycles. The summed E-state index contributed by atoms with van der Waals surface area (Å²) >= 11 is 0. The predicted molar refractivity (Wildman–Crippen MR) is 74.0 cm³/mol. The van der Waals surface area contributed by atoms with Crippen LogP contribution in [0, 0.1) is 0 Å². The largest absolute Gasteiger partial charge is 0.545 e. The molecule has 0 aliphatic heterocycles. The molecule has 146 valence electrons. The van der Waals surface area contributed by atoms with E-state index in [4.69, 9.17) is 0 Å². The molecule has 0 saturated carbocycles. The Bertz CT molecular complexity index is 658. The molecule has 0 radical (unpaired) electrons. The number of halogens is 6. The van der Waals surface area contributed by atoms with Gasteiger partial charge in [0.2, 0.25) is 0 Å². The molecule has 0 atom stereocenters. The van der Waals surface area contributed by atoms with Crippen molar-refractivity contribution in [3.63, 3.8) is 0 Å². The number of rotatable bonds is 5. The van der Waals surface area contributed by atoms with E-state index in [2.05, 4.69) is 4.74 Å². The number of amides is 1. The molecule has 1 aromatic rings. The maximum atomic E-state index is 13.4. The van der Waals surface area contributed by atoms with Crippen LogP contribution in [0.2, 0.25) is 0 Å². The van der Waals surface area contributed by atoms with E-state index >= 15 is 0 Å². The fraction of sp³-hybridized carbons (Fsp3) is 0.429. The lowest BCUT2D eigenvalue weighted by atomic mass is 10.1. The molecule has 0 aromatic heterocycles. The SMILES string of the molecule is CC(C)OC(=O)NC(Nc1ccccc1C(=O)[O-])(C(F)(F)F)C(F)(F)F. The Hall–Kier alpha value is -2.66. The minimum atomic E-state index is -6.11. The maximum Gasteiger partial charge on any atom is 0.439 e. The van der Waals surface area contributed by atoms with E-state index in [1.54, 1.807) is 0 Å². The van der Waals surface area contributed by atoms with Gasteiger partial charge in [0, 0.05) is 11.3 Å². The number of carbonyl (C=O) groups excluding carboxylic acids is 2. The summed E-state index contributed by atoms with van der Waals surface area (Å²) in [4.78, 5) is 22.4. The highest BCUT2D eigenvalue weighted by atomic mass is 19.4. The average Bonchev–Trinajstić information content (AvgIpc) is 2.43. The van der Waals surface area contributed by atoms with Crippen LogP contribution in [-0.2, 0) is 4.74 Å². The van der Waals surface area contributed by atoms with Gasteiger partial charge in [0.15, 0.2) is 0 Å². The van der Waals surface area contributed by atoms with Crippen molar-refractivity contribution in [2.75, 3.05) is 5.32 Å². The minimum absolute atomic E-state index is 0.660. The molecular formula is C14H13F6N2O4-. The predicted octanol–water partition coefficient (Wildman–Crippen LogP) is 2.42. The number of hydrogen-bond acceptors (Lipinski definition) is 5. The van der Waals surface area contributed by atoms with Crippen LogP contribution in [0.3, 0.4) is 0 Å². The number of ether oxygens (including phenoxy) is 1. The molecule has 0 unspecified atom stereocenters. The van der Waals surface area contributed by atoms with Gasteiger partial charge < -0.3 is 20.0 Å². The highest BCUT2D eigenvalue weighted by Gasteiger charge is 2.73. The number of benzene rings is 1. The number of alkyl halides is 6. The number of nitrogens with one attached hydrogen (secondary N) is 2. The Morgan fingerprint density at radius 3 is 1.96 bits per heavy atom. The van der Waals surface area contributed by atoms with E-state index in [0.717, 1.165) is 28.8 Å². The second kappa shape index (κ2) is 7.30. The third-order valence-electron chi connectivity index (χ3n) is 2.95. The van der Waals surface area contributed by atoms with Gasteiger partial charge in [0.25, 0.3) is 0 Å². The van der Waals surface area contributed by atoms with Crippen molar-refractivity contribution >= 4 is 17.7 Å².